The van der Waals surface area contributed by atoms with Crippen LogP contribution in [-0.4, -0.2) is 51.3 Å². The number of carbonyl (C=O) groups is 1. The highest BCUT2D eigenvalue weighted by Crippen LogP contribution is 2.15. The summed E-state index contributed by atoms with van der Waals surface area (Å²) in [6, 6.07) is 0. The van der Waals surface area contributed by atoms with Gasteiger partial charge >= 0.3 is 5.69 Å². The zero-order valence-electron chi connectivity index (χ0n) is 15.4. The van der Waals surface area contributed by atoms with Crippen LogP contribution in [0.1, 0.15) is 51.3 Å². The fourth-order valence-electron chi connectivity index (χ4n) is 3.74. The Balaban J connectivity index is 1.40. The minimum absolute atomic E-state index is 0.0278. The zero-order chi connectivity index (χ0) is 17.6. The molecule has 25 heavy (non-hydrogen) atoms. The van der Waals surface area contributed by atoms with E-state index in [0.29, 0.717) is 6.54 Å². The van der Waals surface area contributed by atoms with Crippen molar-refractivity contribution in [2.24, 2.45) is 5.92 Å². The van der Waals surface area contributed by atoms with Gasteiger partial charge in [-0.15, -0.1) is 0 Å². The Morgan fingerprint density at radius 1 is 1.20 bits per heavy atom. The predicted molar refractivity (Wildman–Crippen MR) is 96.5 cm³/mol. The summed E-state index contributed by atoms with van der Waals surface area (Å²) < 4.78 is 3.06. The van der Waals surface area contributed by atoms with Crippen LogP contribution < -0.4 is 11.0 Å². The van der Waals surface area contributed by atoms with Crippen molar-refractivity contribution >= 4 is 5.91 Å². The molecule has 0 radical (unpaired) electrons. The SMILES string of the molecule is CC1CCN(CCCNC(=O)Cn2nc3n(c2=O)CCCCC3)CC1. The molecule has 0 unspecified atom stereocenters. The van der Waals surface area contributed by atoms with E-state index in [1.807, 2.05) is 0 Å². The van der Waals surface area contributed by atoms with E-state index >= 15 is 0 Å². The van der Waals surface area contributed by atoms with Crippen LogP contribution in [0, 0.1) is 5.92 Å². The number of rotatable bonds is 6. The van der Waals surface area contributed by atoms with Crippen LogP contribution in [0.3, 0.4) is 0 Å². The summed E-state index contributed by atoms with van der Waals surface area (Å²) in [5.41, 5.74) is -0.144. The van der Waals surface area contributed by atoms with Gasteiger partial charge in [0.15, 0.2) is 0 Å². The minimum atomic E-state index is -0.144. The van der Waals surface area contributed by atoms with Gasteiger partial charge in [-0.05, 0) is 57.7 Å². The summed E-state index contributed by atoms with van der Waals surface area (Å²) >= 11 is 0. The first-order valence-electron chi connectivity index (χ1n) is 9.79. The van der Waals surface area contributed by atoms with E-state index in [0.717, 1.165) is 56.9 Å². The first-order valence-corrected chi connectivity index (χ1v) is 9.79. The maximum Gasteiger partial charge on any atom is 0.346 e. The summed E-state index contributed by atoms with van der Waals surface area (Å²) in [6.07, 6.45) is 7.56. The Labute approximate surface area is 149 Å². The Hall–Kier alpha value is -1.63. The maximum absolute atomic E-state index is 12.3. The number of likely N-dealkylation sites (tertiary alicyclic amines) is 1. The standard InChI is InChI=1S/C18H31N5O2/c1-15-7-12-21(13-8-15)10-5-9-19-17(24)14-23-18(25)22-11-4-2-3-6-16(22)20-23/h15H,2-14H2,1H3,(H,19,24). The number of hydrogen-bond acceptors (Lipinski definition) is 4. The number of nitrogens with zero attached hydrogens (tertiary/aromatic N) is 4. The van der Waals surface area contributed by atoms with Gasteiger partial charge in [-0.1, -0.05) is 13.3 Å². The lowest BCUT2D eigenvalue weighted by atomic mass is 9.99. The molecule has 1 amide bonds. The summed E-state index contributed by atoms with van der Waals surface area (Å²) in [5, 5.41) is 7.28. The molecule has 3 heterocycles. The van der Waals surface area contributed by atoms with Crippen molar-refractivity contribution in [3.05, 3.63) is 16.3 Å². The number of nitrogens with one attached hydrogen (secondary N) is 1. The van der Waals surface area contributed by atoms with Crippen LogP contribution in [0.25, 0.3) is 0 Å². The lowest BCUT2D eigenvalue weighted by molar-refractivity contribution is -0.121. The molecule has 0 spiro atoms. The molecule has 1 aromatic rings. The molecule has 7 heteroatoms. The van der Waals surface area contributed by atoms with Crippen LogP contribution >= 0.6 is 0 Å². The molecule has 1 saturated heterocycles. The molecule has 7 nitrogen and oxygen atoms in total. The van der Waals surface area contributed by atoms with Gasteiger partial charge in [-0.25, -0.2) is 9.48 Å². The van der Waals surface area contributed by atoms with Gasteiger partial charge in [-0.3, -0.25) is 9.36 Å². The Kier molecular flexibility index (Phi) is 6.29. The second-order valence-electron chi connectivity index (χ2n) is 7.55. The minimum Gasteiger partial charge on any atom is -0.354 e. The number of fused-ring (bicyclic) bond motifs is 1. The lowest BCUT2D eigenvalue weighted by Gasteiger charge is -2.30. The highest BCUT2D eigenvalue weighted by Gasteiger charge is 2.17. The molecule has 2 aliphatic heterocycles. The summed E-state index contributed by atoms with van der Waals surface area (Å²) in [4.78, 5) is 26.9. The van der Waals surface area contributed by atoms with Crippen molar-refractivity contribution in [2.75, 3.05) is 26.2 Å². The fraction of sp³-hybridized carbons (Fsp3) is 0.833. The number of aryl methyl sites for hydroxylation is 1. The molecule has 0 aromatic carbocycles. The molecular formula is C18H31N5O2. The molecule has 0 saturated carbocycles. The van der Waals surface area contributed by atoms with Crippen LogP contribution in [0.4, 0.5) is 0 Å². The molecule has 140 valence electrons. The third-order valence-electron chi connectivity index (χ3n) is 5.42. The number of aromatic nitrogens is 3. The monoisotopic (exact) mass is 349 g/mol. The van der Waals surface area contributed by atoms with Gasteiger partial charge in [0.1, 0.15) is 12.4 Å². The average Bonchev–Trinajstić information content (AvgIpc) is 2.77. The molecule has 1 N–H and O–H groups in total. The maximum atomic E-state index is 12.3. The molecule has 2 aliphatic rings. The van der Waals surface area contributed by atoms with Crippen LogP contribution in [0.15, 0.2) is 4.79 Å². The normalized spacial score (nSPS) is 19.4. The van der Waals surface area contributed by atoms with E-state index in [1.165, 1.54) is 30.6 Å². The van der Waals surface area contributed by atoms with E-state index in [1.54, 1.807) is 4.57 Å². The quantitative estimate of drug-likeness (QED) is 0.778. The predicted octanol–water partition coefficient (Wildman–Crippen LogP) is 1.01. The Bertz CT molecular complexity index is 628. The van der Waals surface area contributed by atoms with Gasteiger partial charge in [0, 0.05) is 19.5 Å². The number of hydrogen-bond donors (Lipinski definition) is 1. The Morgan fingerprint density at radius 3 is 2.80 bits per heavy atom. The number of amides is 1. The third kappa shape index (κ3) is 4.93. The molecule has 3 rings (SSSR count). The number of carbonyl (C=O) groups excluding carboxylic acids is 1. The average molecular weight is 349 g/mol. The highest BCUT2D eigenvalue weighted by molar-refractivity contribution is 5.75. The first-order chi connectivity index (χ1) is 12.1. The molecule has 1 fully saturated rings. The van der Waals surface area contributed by atoms with Gasteiger partial charge in [0.2, 0.25) is 5.91 Å². The van der Waals surface area contributed by atoms with Gasteiger partial charge < -0.3 is 10.2 Å². The molecule has 0 bridgehead atoms. The van der Waals surface area contributed by atoms with Crippen molar-refractivity contribution in [3.8, 4) is 0 Å². The number of piperidine rings is 1. The second-order valence-corrected chi connectivity index (χ2v) is 7.55. The van der Waals surface area contributed by atoms with Crippen LogP contribution in [0.2, 0.25) is 0 Å². The van der Waals surface area contributed by atoms with Gasteiger partial charge in [0.25, 0.3) is 0 Å². The topological polar surface area (TPSA) is 72.2 Å². The largest absolute Gasteiger partial charge is 0.354 e. The third-order valence-corrected chi connectivity index (χ3v) is 5.42. The summed E-state index contributed by atoms with van der Waals surface area (Å²) in [5.74, 6) is 1.55. The van der Waals surface area contributed by atoms with Crippen LogP contribution in [0.5, 0.6) is 0 Å². The second kappa shape index (κ2) is 8.65. The molecular weight excluding hydrogens is 318 g/mol. The highest BCUT2D eigenvalue weighted by atomic mass is 16.2. The Morgan fingerprint density at radius 2 is 2.00 bits per heavy atom. The van der Waals surface area contributed by atoms with Gasteiger partial charge in [-0.2, -0.15) is 5.10 Å². The van der Waals surface area contributed by atoms with E-state index in [9.17, 15) is 9.59 Å². The van der Waals surface area contributed by atoms with E-state index in [4.69, 9.17) is 0 Å². The molecule has 1 aromatic heterocycles. The van der Waals surface area contributed by atoms with Gasteiger partial charge in [0.05, 0.1) is 0 Å². The van der Waals surface area contributed by atoms with E-state index in [-0.39, 0.29) is 18.1 Å². The van der Waals surface area contributed by atoms with E-state index in [2.05, 4.69) is 22.2 Å². The lowest BCUT2D eigenvalue weighted by Crippen LogP contribution is -2.37. The van der Waals surface area contributed by atoms with Crippen molar-refractivity contribution in [3.63, 3.8) is 0 Å². The van der Waals surface area contributed by atoms with Crippen molar-refractivity contribution in [1.82, 2.24) is 24.6 Å². The smallest absolute Gasteiger partial charge is 0.346 e. The van der Waals surface area contributed by atoms with Crippen LogP contribution in [-0.2, 0) is 24.3 Å². The summed E-state index contributed by atoms with van der Waals surface area (Å²) in [7, 11) is 0. The van der Waals surface area contributed by atoms with Crippen molar-refractivity contribution < 1.29 is 4.79 Å². The first kappa shape index (κ1) is 18.2. The van der Waals surface area contributed by atoms with Crippen molar-refractivity contribution in [2.45, 2.75) is 65.0 Å². The zero-order valence-corrected chi connectivity index (χ0v) is 15.4. The molecule has 0 atom stereocenters. The molecule has 0 aliphatic carbocycles. The van der Waals surface area contributed by atoms with E-state index < -0.39 is 0 Å². The van der Waals surface area contributed by atoms with Crippen molar-refractivity contribution in [1.29, 1.82) is 0 Å². The fourth-order valence-corrected chi connectivity index (χ4v) is 3.74. The summed E-state index contributed by atoms with van der Waals surface area (Å²) in [6.45, 7) is 7.10.